The van der Waals surface area contributed by atoms with Crippen LogP contribution < -0.4 is 5.32 Å². The number of hydrogen-bond donors (Lipinski definition) is 2. The van der Waals surface area contributed by atoms with Crippen LogP contribution in [0.3, 0.4) is 0 Å². The van der Waals surface area contributed by atoms with Gasteiger partial charge in [-0.05, 0) is 33.1 Å². The summed E-state index contributed by atoms with van der Waals surface area (Å²) >= 11 is 1.59. The van der Waals surface area contributed by atoms with Gasteiger partial charge in [-0.1, -0.05) is 12.8 Å². The van der Waals surface area contributed by atoms with Gasteiger partial charge in [-0.15, -0.1) is 11.3 Å². The van der Waals surface area contributed by atoms with Crippen molar-refractivity contribution in [3.8, 4) is 0 Å². The fourth-order valence-corrected chi connectivity index (χ4v) is 3.34. The molecule has 1 heterocycles. The average molecular weight is 326 g/mol. The zero-order valence-electron chi connectivity index (χ0n) is 13.6. The molecule has 124 valence electrons. The molecular weight excluding hydrogens is 300 g/mol. The van der Waals surface area contributed by atoms with E-state index in [0.717, 1.165) is 11.4 Å². The highest BCUT2D eigenvalue weighted by Crippen LogP contribution is 2.42. The molecule has 1 amide bonds. The van der Waals surface area contributed by atoms with Crippen molar-refractivity contribution in [2.24, 2.45) is 11.3 Å². The summed E-state index contributed by atoms with van der Waals surface area (Å²) in [6.45, 7) is 5.97. The third kappa shape index (κ3) is 5.57. The second-order valence-electron chi connectivity index (χ2n) is 7.26. The van der Waals surface area contributed by atoms with Crippen LogP contribution in [0.5, 0.6) is 0 Å². The second kappa shape index (κ2) is 6.96. The van der Waals surface area contributed by atoms with E-state index in [9.17, 15) is 9.90 Å². The summed E-state index contributed by atoms with van der Waals surface area (Å²) in [5, 5.41) is 15.8. The number of hydrogen-bond acceptors (Lipinski definition) is 5. The number of aliphatic hydroxyl groups is 1. The largest absolute Gasteiger partial charge is 0.444 e. The van der Waals surface area contributed by atoms with Crippen LogP contribution in [0.25, 0.3) is 0 Å². The number of amides is 1. The number of ether oxygens (including phenoxy) is 1. The first-order valence-electron chi connectivity index (χ1n) is 7.78. The summed E-state index contributed by atoms with van der Waals surface area (Å²) in [5.74, 6) is 0.660. The highest BCUT2D eigenvalue weighted by atomic mass is 32.1. The summed E-state index contributed by atoms with van der Waals surface area (Å²) in [4.78, 5) is 16.2. The number of aromatic nitrogens is 1. The minimum Gasteiger partial charge on any atom is -0.444 e. The summed E-state index contributed by atoms with van der Waals surface area (Å²) in [6.07, 6.45) is 5.38. The molecule has 1 aromatic rings. The zero-order valence-corrected chi connectivity index (χ0v) is 14.4. The lowest BCUT2D eigenvalue weighted by Crippen LogP contribution is -2.43. The van der Waals surface area contributed by atoms with Crippen molar-refractivity contribution >= 4 is 17.4 Å². The number of thiazole rings is 1. The molecule has 0 aliphatic heterocycles. The number of rotatable bonds is 7. The Hall–Kier alpha value is -1.14. The van der Waals surface area contributed by atoms with Crippen LogP contribution in [0, 0.1) is 11.3 Å². The molecule has 1 fully saturated rings. The van der Waals surface area contributed by atoms with Gasteiger partial charge in [0.2, 0.25) is 0 Å². The molecular formula is C16H26N2O3S. The van der Waals surface area contributed by atoms with Crippen molar-refractivity contribution in [2.45, 2.75) is 52.1 Å². The lowest BCUT2D eigenvalue weighted by Gasteiger charge is -2.32. The molecule has 0 aromatic carbocycles. The normalized spacial score (nSPS) is 17.8. The van der Waals surface area contributed by atoms with E-state index in [1.807, 2.05) is 26.2 Å². The molecule has 1 unspecified atom stereocenters. The van der Waals surface area contributed by atoms with Crippen LogP contribution in [-0.4, -0.2) is 34.9 Å². The molecule has 1 saturated carbocycles. The van der Waals surface area contributed by atoms with Crippen LogP contribution in [0.15, 0.2) is 11.6 Å². The molecule has 1 aromatic heterocycles. The topological polar surface area (TPSA) is 71.5 Å². The summed E-state index contributed by atoms with van der Waals surface area (Å²) < 4.78 is 5.29. The molecule has 1 aliphatic rings. The van der Waals surface area contributed by atoms with E-state index >= 15 is 0 Å². The number of nitrogens with zero attached hydrogens (tertiary/aromatic N) is 1. The molecule has 6 heteroatoms. The Balaban J connectivity index is 1.98. The fourth-order valence-electron chi connectivity index (χ4n) is 2.55. The van der Waals surface area contributed by atoms with Crippen molar-refractivity contribution in [3.63, 3.8) is 0 Å². The molecule has 1 aliphatic carbocycles. The molecule has 1 atom stereocenters. The first kappa shape index (κ1) is 17.2. The first-order chi connectivity index (χ1) is 10.3. The van der Waals surface area contributed by atoms with Crippen molar-refractivity contribution in [1.82, 2.24) is 10.3 Å². The third-order valence-electron chi connectivity index (χ3n) is 3.77. The fraction of sp³-hybridized carbons (Fsp3) is 0.750. The van der Waals surface area contributed by atoms with E-state index < -0.39 is 11.7 Å². The number of carbonyl (C=O) groups is 1. The maximum atomic E-state index is 11.9. The van der Waals surface area contributed by atoms with E-state index in [-0.39, 0.29) is 12.0 Å². The van der Waals surface area contributed by atoms with E-state index in [0.29, 0.717) is 18.9 Å². The second-order valence-corrected chi connectivity index (χ2v) is 8.24. The molecule has 0 bridgehead atoms. The van der Waals surface area contributed by atoms with Crippen LogP contribution in [0.2, 0.25) is 0 Å². The van der Waals surface area contributed by atoms with Gasteiger partial charge in [0.15, 0.2) is 0 Å². The van der Waals surface area contributed by atoms with Crippen molar-refractivity contribution in [3.05, 3.63) is 16.6 Å². The maximum Gasteiger partial charge on any atom is 0.407 e. The molecule has 0 saturated heterocycles. The van der Waals surface area contributed by atoms with Gasteiger partial charge in [0, 0.05) is 30.0 Å². The Morgan fingerprint density at radius 1 is 1.50 bits per heavy atom. The van der Waals surface area contributed by atoms with Gasteiger partial charge >= 0.3 is 6.09 Å². The SMILES string of the molecule is CC(C)(C)OC(=O)NCC(CO)(Cc1nccs1)CC1CC1. The smallest absolute Gasteiger partial charge is 0.407 e. The van der Waals surface area contributed by atoms with Crippen LogP contribution >= 0.6 is 11.3 Å². The monoisotopic (exact) mass is 326 g/mol. The Morgan fingerprint density at radius 3 is 2.73 bits per heavy atom. The van der Waals surface area contributed by atoms with Gasteiger partial charge in [-0.2, -0.15) is 0 Å². The van der Waals surface area contributed by atoms with Crippen LogP contribution in [0.4, 0.5) is 4.79 Å². The predicted octanol–water partition coefficient (Wildman–Crippen LogP) is 2.99. The Bertz CT molecular complexity index is 480. The van der Waals surface area contributed by atoms with Crippen LogP contribution in [0.1, 0.15) is 45.0 Å². The highest BCUT2D eigenvalue weighted by molar-refractivity contribution is 7.09. The Morgan fingerprint density at radius 2 is 2.23 bits per heavy atom. The molecule has 22 heavy (non-hydrogen) atoms. The molecule has 2 N–H and O–H groups in total. The third-order valence-corrected chi connectivity index (χ3v) is 4.55. The van der Waals surface area contributed by atoms with Crippen molar-refractivity contribution < 1.29 is 14.6 Å². The highest BCUT2D eigenvalue weighted by Gasteiger charge is 2.38. The van der Waals surface area contributed by atoms with Gasteiger partial charge in [0.05, 0.1) is 11.6 Å². The number of carbonyl (C=O) groups excluding carboxylic acids is 1. The van der Waals surface area contributed by atoms with E-state index in [2.05, 4.69) is 10.3 Å². The minimum absolute atomic E-state index is 0.0406. The number of alkyl carbamates (subject to hydrolysis) is 1. The average Bonchev–Trinajstić information content (AvgIpc) is 3.08. The van der Waals surface area contributed by atoms with Crippen molar-refractivity contribution in [2.75, 3.05) is 13.2 Å². The number of aliphatic hydroxyl groups excluding tert-OH is 1. The van der Waals surface area contributed by atoms with E-state index in [4.69, 9.17) is 4.74 Å². The van der Waals surface area contributed by atoms with Gasteiger partial charge in [0.1, 0.15) is 5.60 Å². The molecule has 5 nitrogen and oxygen atoms in total. The summed E-state index contributed by atoms with van der Waals surface area (Å²) in [5.41, 5.74) is -0.867. The molecule has 0 spiro atoms. The van der Waals surface area contributed by atoms with Crippen LogP contribution in [-0.2, 0) is 11.2 Å². The molecule has 2 rings (SSSR count). The van der Waals surface area contributed by atoms with Gasteiger partial charge < -0.3 is 15.2 Å². The minimum atomic E-state index is -0.516. The maximum absolute atomic E-state index is 11.9. The van der Waals surface area contributed by atoms with Crippen molar-refractivity contribution in [1.29, 1.82) is 0 Å². The Kier molecular flexibility index (Phi) is 5.45. The quantitative estimate of drug-likeness (QED) is 0.808. The van der Waals surface area contributed by atoms with E-state index in [1.165, 1.54) is 12.8 Å². The Labute approximate surface area is 136 Å². The lowest BCUT2D eigenvalue weighted by molar-refractivity contribution is 0.0449. The van der Waals surface area contributed by atoms with Gasteiger partial charge in [-0.25, -0.2) is 9.78 Å². The summed E-state index contributed by atoms with van der Waals surface area (Å²) in [7, 11) is 0. The van der Waals surface area contributed by atoms with Gasteiger partial charge in [-0.3, -0.25) is 0 Å². The molecule has 0 radical (unpaired) electrons. The number of nitrogens with one attached hydrogen (secondary N) is 1. The first-order valence-corrected chi connectivity index (χ1v) is 8.66. The summed E-state index contributed by atoms with van der Waals surface area (Å²) in [6, 6.07) is 0. The predicted molar refractivity (Wildman–Crippen MR) is 86.9 cm³/mol. The standard InChI is InChI=1S/C16H26N2O3S/c1-15(2,3)21-14(20)18-10-16(11-19,8-12-4-5-12)9-13-17-6-7-22-13/h6-7,12,19H,4-5,8-11H2,1-3H3,(H,18,20). The van der Waals surface area contributed by atoms with E-state index in [1.54, 1.807) is 17.5 Å². The van der Waals surface area contributed by atoms with Gasteiger partial charge in [0.25, 0.3) is 0 Å². The lowest BCUT2D eigenvalue weighted by atomic mass is 9.80. The zero-order chi connectivity index (χ0) is 16.2.